The molecule has 0 spiro atoms. The van der Waals surface area contributed by atoms with Gasteiger partial charge in [-0.2, -0.15) is 0 Å². The number of nitro groups is 1. The fourth-order valence-electron chi connectivity index (χ4n) is 2.44. The number of amidine groups is 1. The maximum absolute atomic E-state index is 12.2. The Labute approximate surface area is 185 Å². The van der Waals surface area contributed by atoms with E-state index in [1.54, 1.807) is 30.3 Å². The van der Waals surface area contributed by atoms with Gasteiger partial charge in [-0.05, 0) is 43.5 Å². The molecule has 30 heavy (non-hydrogen) atoms. The molecule has 0 atom stereocenters. The van der Waals surface area contributed by atoms with Gasteiger partial charge in [-0.15, -0.1) is 0 Å². The van der Waals surface area contributed by atoms with Gasteiger partial charge in [-0.1, -0.05) is 59.3 Å². The van der Waals surface area contributed by atoms with E-state index >= 15 is 0 Å². The minimum absolute atomic E-state index is 0.174. The molecule has 0 fully saturated rings. The minimum atomic E-state index is -3.57. The van der Waals surface area contributed by atoms with Gasteiger partial charge in [-0.25, -0.2) is 23.3 Å². The Balaban J connectivity index is 1.77. The maximum Gasteiger partial charge on any atom is 0.240 e. The van der Waals surface area contributed by atoms with Crippen LogP contribution in [0.15, 0.2) is 58.5 Å². The topological polar surface area (TPSA) is 114 Å². The van der Waals surface area contributed by atoms with Crippen molar-refractivity contribution in [1.82, 2.24) is 10.0 Å². The molecular weight excluding hydrogens is 448 g/mol. The van der Waals surface area contributed by atoms with Crippen molar-refractivity contribution in [2.75, 3.05) is 18.8 Å². The van der Waals surface area contributed by atoms with Crippen LogP contribution in [0.2, 0.25) is 5.02 Å². The number of sulfonamides is 1. The van der Waals surface area contributed by atoms with E-state index in [-0.39, 0.29) is 16.6 Å². The molecule has 2 aromatic rings. The van der Waals surface area contributed by atoms with Crippen LogP contribution in [0.25, 0.3) is 0 Å². The molecule has 0 bridgehead atoms. The quantitative estimate of drug-likeness (QED) is 0.181. The summed E-state index contributed by atoms with van der Waals surface area (Å²) in [5, 5.41) is 17.1. The van der Waals surface area contributed by atoms with Crippen LogP contribution in [0.5, 0.6) is 0 Å². The fourth-order valence-corrected chi connectivity index (χ4v) is 4.56. The lowest BCUT2D eigenvalue weighted by atomic mass is 10.1. The van der Waals surface area contributed by atoms with Gasteiger partial charge in [0.05, 0.1) is 10.00 Å². The van der Waals surface area contributed by atoms with Crippen LogP contribution in [0.4, 0.5) is 0 Å². The number of rotatable bonds is 10. The Morgan fingerprint density at radius 2 is 1.87 bits per heavy atom. The van der Waals surface area contributed by atoms with Gasteiger partial charge < -0.3 is 5.32 Å². The van der Waals surface area contributed by atoms with Gasteiger partial charge in [0.25, 0.3) is 0 Å². The van der Waals surface area contributed by atoms with Crippen LogP contribution in [0.3, 0.4) is 0 Å². The number of benzene rings is 2. The van der Waals surface area contributed by atoms with Crippen LogP contribution in [0, 0.1) is 17.0 Å². The van der Waals surface area contributed by atoms with E-state index in [1.165, 1.54) is 11.8 Å². The summed E-state index contributed by atoms with van der Waals surface area (Å²) in [5.74, 6) is 0.461. The zero-order chi connectivity index (χ0) is 22.0. The second-order valence-electron chi connectivity index (χ2n) is 6.32. The number of hydrogen-bond donors (Lipinski definition) is 2. The summed E-state index contributed by atoms with van der Waals surface area (Å²) in [6, 6.07) is 14.0. The Hall–Kier alpha value is -2.14. The molecule has 0 saturated carbocycles. The molecule has 0 unspecified atom stereocenters. The number of aryl methyl sites for hydroxylation is 1. The van der Waals surface area contributed by atoms with E-state index in [9.17, 15) is 18.5 Å². The molecule has 162 valence electrons. The standard InChI is InChI=1S/C19H23ClN4O4S2/c1-15-7-9-17(10-8-15)30(27,28)22-12-4-14-29-19(23-24(25)26)21-13-11-16-5-2-3-6-18(16)20/h2-3,5-10,22H,4,11-14H2,1H3,(H,21,23). The molecule has 0 aliphatic heterocycles. The van der Waals surface area contributed by atoms with Gasteiger partial charge in [0.1, 0.15) is 0 Å². The van der Waals surface area contributed by atoms with Gasteiger partial charge in [0.15, 0.2) is 5.03 Å². The Morgan fingerprint density at radius 3 is 2.53 bits per heavy atom. The largest absolute Gasteiger partial charge is 0.359 e. The summed E-state index contributed by atoms with van der Waals surface area (Å²) in [4.78, 5) is 11.0. The summed E-state index contributed by atoms with van der Waals surface area (Å²) in [6.07, 6.45) is 1.08. The molecule has 0 heterocycles. The SMILES string of the molecule is Cc1ccc(S(=O)(=O)NCCCSC(=N[N+](=O)[O-])NCCc2ccccc2Cl)cc1. The van der Waals surface area contributed by atoms with Gasteiger partial charge in [0.2, 0.25) is 15.2 Å². The van der Waals surface area contributed by atoms with E-state index in [2.05, 4.69) is 15.1 Å². The lowest BCUT2D eigenvalue weighted by molar-refractivity contribution is -0.484. The molecule has 0 radical (unpaired) electrons. The zero-order valence-electron chi connectivity index (χ0n) is 16.4. The predicted octanol–water partition coefficient (Wildman–Crippen LogP) is 3.43. The number of hydrazone groups is 1. The highest BCUT2D eigenvalue weighted by Gasteiger charge is 2.13. The van der Waals surface area contributed by atoms with E-state index < -0.39 is 15.1 Å². The summed E-state index contributed by atoms with van der Waals surface area (Å²) < 4.78 is 27.0. The monoisotopic (exact) mass is 470 g/mol. The van der Waals surface area contributed by atoms with E-state index in [1.807, 2.05) is 25.1 Å². The second-order valence-corrected chi connectivity index (χ2v) is 9.58. The number of nitrogens with zero attached hydrogens (tertiary/aromatic N) is 2. The molecular formula is C19H23ClN4O4S2. The van der Waals surface area contributed by atoms with Crippen molar-refractivity contribution in [3.05, 3.63) is 74.8 Å². The number of halogens is 1. The van der Waals surface area contributed by atoms with Gasteiger partial charge in [0, 0.05) is 23.9 Å². The van der Waals surface area contributed by atoms with Crippen molar-refractivity contribution in [2.24, 2.45) is 5.10 Å². The highest BCUT2D eigenvalue weighted by atomic mass is 35.5. The van der Waals surface area contributed by atoms with Gasteiger partial charge in [-0.3, -0.25) is 0 Å². The normalized spacial score (nSPS) is 12.0. The van der Waals surface area contributed by atoms with E-state index in [4.69, 9.17) is 11.6 Å². The molecule has 0 aromatic heterocycles. The molecule has 0 aliphatic carbocycles. The fraction of sp³-hybridized carbons (Fsp3) is 0.316. The predicted molar refractivity (Wildman–Crippen MR) is 121 cm³/mol. The summed E-state index contributed by atoms with van der Waals surface area (Å²) in [7, 11) is -3.57. The van der Waals surface area contributed by atoms with Crippen LogP contribution in [-0.2, 0) is 16.4 Å². The first kappa shape index (κ1) is 24.1. The second kappa shape index (κ2) is 11.9. The molecule has 0 aliphatic rings. The van der Waals surface area contributed by atoms with Crippen molar-refractivity contribution in [3.8, 4) is 0 Å². The third kappa shape index (κ3) is 8.31. The third-order valence-electron chi connectivity index (χ3n) is 3.98. The average Bonchev–Trinajstić information content (AvgIpc) is 2.69. The van der Waals surface area contributed by atoms with Crippen LogP contribution >= 0.6 is 23.4 Å². The minimum Gasteiger partial charge on any atom is -0.359 e. The highest BCUT2D eigenvalue weighted by molar-refractivity contribution is 8.13. The third-order valence-corrected chi connectivity index (χ3v) is 6.82. The molecule has 8 nitrogen and oxygen atoms in total. The molecule has 2 aromatic carbocycles. The lowest BCUT2D eigenvalue weighted by Crippen LogP contribution is -2.26. The van der Waals surface area contributed by atoms with Crippen molar-refractivity contribution < 1.29 is 13.5 Å². The molecule has 2 rings (SSSR count). The van der Waals surface area contributed by atoms with Crippen LogP contribution < -0.4 is 10.0 Å². The molecule has 0 amide bonds. The molecule has 2 N–H and O–H groups in total. The molecule has 0 saturated heterocycles. The zero-order valence-corrected chi connectivity index (χ0v) is 18.8. The Kier molecular flexibility index (Phi) is 9.57. The first-order chi connectivity index (χ1) is 14.3. The number of nitrogens with one attached hydrogen (secondary N) is 2. The Morgan fingerprint density at radius 1 is 1.17 bits per heavy atom. The van der Waals surface area contributed by atoms with E-state index in [0.717, 1.165) is 11.1 Å². The van der Waals surface area contributed by atoms with Crippen molar-refractivity contribution >= 4 is 38.6 Å². The smallest absolute Gasteiger partial charge is 0.240 e. The first-order valence-electron chi connectivity index (χ1n) is 9.17. The summed E-state index contributed by atoms with van der Waals surface area (Å²) in [6.45, 7) is 2.53. The highest BCUT2D eigenvalue weighted by Crippen LogP contribution is 2.15. The average molecular weight is 471 g/mol. The number of hydrogen-bond acceptors (Lipinski definition) is 5. The Bertz CT molecular complexity index is 982. The van der Waals surface area contributed by atoms with Crippen molar-refractivity contribution in [1.29, 1.82) is 0 Å². The summed E-state index contributed by atoms with van der Waals surface area (Å²) in [5.41, 5.74) is 1.91. The van der Waals surface area contributed by atoms with Crippen LogP contribution in [-0.4, -0.2) is 37.5 Å². The lowest BCUT2D eigenvalue weighted by Gasteiger charge is -2.09. The van der Waals surface area contributed by atoms with Crippen molar-refractivity contribution in [3.63, 3.8) is 0 Å². The van der Waals surface area contributed by atoms with Gasteiger partial charge >= 0.3 is 0 Å². The van der Waals surface area contributed by atoms with Crippen molar-refractivity contribution in [2.45, 2.75) is 24.7 Å². The maximum atomic E-state index is 12.2. The molecule has 11 heteroatoms. The number of thioether (sulfide) groups is 1. The summed E-state index contributed by atoms with van der Waals surface area (Å²) >= 11 is 7.27. The van der Waals surface area contributed by atoms with Crippen LogP contribution in [0.1, 0.15) is 17.5 Å². The first-order valence-corrected chi connectivity index (χ1v) is 12.0. The van der Waals surface area contributed by atoms with E-state index in [0.29, 0.717) is 30.2 Å².